The van der Waals surface area contributed by atoms with Gasteiger partial charge >= 0.3 is 0 Å². The van der Waals surface area contributed by atoms with Gasteiger partial charge in [-0.3, -0.25) is 14.9 Å². The summed E-state index contributed by atoms with van der Waals surface area (Å²) in [7, 11) is -4.18. The van der Waals surface area contributed by atoms with Gasteiger partial charge in [-0.2, -0.15) is 4.31 Å². The first-order valence-corrected chi connectivity index (χ1v) is 13.8. The molecule has 0 bridgehead atoms. The molecule has 2 heterocycles. The van der Waals surface area contributed by atoms with E-state index in [0.29, 0.717) is 24.8 Å². The third-order valence-corrected chi connectivity index (χ3v) is 8.73. The molecule has 0 atom stereocenters. The van der Waals surface area contributed by atoms with Gasteiger partial charge in [-0.1, -0.05) is 41.9 Å². The largest absolute Gasteiger partial charge is 0.468 e. The van der Waals surface area contributed by atoms with Gasteiger partial charge in [0.15, 0.2) is 0 Å². The molecule has 1 aromatic heterocycles. The second-order valence-corrected chi connectivity index (χ2v) is 11.4. The molecule has 0 aliphatic carbocycles. The maximum atomic E-state index is 13.4. The Morgan fingerprint density at radius 2 is 1.84 bits per heavy atom. The van der Waals surface area contributed by atoms with Crippen molar-refractivity contribution in [1.29, 1.82) is 0 Å². The molecule has 9 nitrogen and oxygen atoms in total. The smallest absolute Gasteiger partial charge is 0.289 e. The Balaban J connectivity index is 1.42. The van der Waals surface area contributed by atoms with Gasteiger partial charge < -0.3 is 9.32 Å². The Kier molecular flexibility index (Phi) is 8.63. The molecule has 2 aromatic carbocycles. The summed E-state index contributed by atoms with van der Waals surface area (Å²) in [6.45, 7) is 1.05. The molecule has 11 heteroatoms. The summed E-state index contributed by atoms with van der Waals surface area (Å²) < 4.78 is 33.3. The van der Waals surface area contributed by atoms with Gasteiger partial charge in [0.2, 0.25) is 15.9 Å². The number of hydrogen-bond donors (Lipinski definition) is 0. The van der Waals surface area contributed by atoms with Crippen molar-refractivity contribution in [3.8, 4) is 0 Å². The van der Waals surface area contributed by atoms with E-state index >= 15 is 0 Å². The number of carbonyl (C=O) groups is 1. The van der Waals surface area contributed by atoms with E-state index in [2.05, 4.69) is 12.1 Å². The summed E-state index contributed by atoms with van der Waals surface area (Å²) in [4.78, 5) is 25.1. The number of benzene rings is 2. The van der Waals surface area contributed by atoms with Crippen LogP contribution in [0.25, 0.3) is 0 Å². The molecule has 1 fully saturated rings. The standard InChI is InChI=1S/C26H28ClN3O6S/c27-24-9-8-23(18-25(24)30(32)33)37(34,35)29(19-22-7-4-16-36-22)15-12-26(31)28-13-10-21(11-14-28)17-20-5-2-1-3-6-20/h1-9,16,18,21H,10-15,17,19H2. The third-order valence-electron chi connectivity index (χ3n) is 6.57. The minimum absolute atomic E-state index is 0.0149. The number of furan rings is 1. The number of likely N-dealkylation sites (tertiary alicyclic amines) is 1. The SMILES string of the molecule is O=C(CCN(Cc1ccco1)S(=O)(=O)c1ccc(Cl)c([N+](=O)[O-])c1)N1CCC(Cc2ccccc2)CC1. The van der Waals surface area contributed by atoms with Crippen LogP contribution in [0.1, 0.15) is 30.6 Å². The van der Waals surface area contributed by atoms with Gasteiger partial charge in [-0.15, -0.1) is 0 Å². The number of rotatable bonds is 10. The predicted octanol–water partition coefficient (Wildman–Crippen LogP) is 4.90. The lowest BCUT2D eigenvalue weighted by Crippen LogP contribution is -2.41. The lowest BCUT2D eigenvalue weighted by Gasteiger charge is -2.32. The molecule has 0 N–H and O–H groups in total. The average Bonchev–Trinajstić information content (AvgIpc) is 3.40. The van der Waals surface area contributed by atoms with Gasteiger partial charge in [-0.05, 0) is 55.0 Å². The lowest BCUT2D eigenvalue weighted by atomic mass is 9.90. The predicted molar refractivity (Wildman–Crippen MR) is 138 cm³/mol. The summed E-state index contributed by atoms with van der Waals surface area (Å²) in [5.74, 6) is 0.768. The third kappa shape index (κ3) is 6.76. The number of hydrogen-bond acceptors (Lipinski definition) is 6. The van der Waals surface area contributed by atoms with Crippen molar-refractivity contribution in [2.24, 2.45) is 5.92 Å². The quantitative estimate of drug-likeness (QED) is 0.264. The van der Waals surface area contributed by atoms with Crippen LogP contribution in [0.4, 0.5) is 5.69 Å². The van der Waals surface area contributed by atoms with Gasteiger partial charge in [0.1, 0.15) is 10.8 Å². The van der Waals surface area contributed by atoms with Crippen molar-refractivity contribution in [3.05, 3.63) is 93.4 Å². The Bertz CT molecular complexity index is 1320. The van der Waals surface area contributed by atoms with Gasteiger partial charge in [0, 0.05) is 32.1 Å². The zero-order chi connectivity index (χ0) is 26.4. The number of nitro groups is 1. The Labute approximate surface area is 220 Å². The summed E-state index contributed by atoms with van der Waals surface area (Å²) >= 11 is 5.86. The first kappa shape index (κ1) is 26.8. The highest BCUT2D eigenvalue weighted by molar-refractivity contribution is 7.89. The number of nitro benzene ring substituents is 1. The fraction of sp³-hybridized carbons (Fsp3) is 0.346. The van der Waals surface area contributed by atoms with Gasteiger partial charge in [-0.25, -0.2) is 8.42 Å². The normalized spacial score (nSPS) is 14.7. The van der Waals surface area contributed by atoms with Crippen LogP contribution in [-0.2, 0) is 27.8 Å². The Hall–Kier alpha value is -3.21. The van der Waals surface area contributed by atoms with E-state index in [9.17, 15) is 23.3 Å². The number of halogens is 1. The second kappa shape index (κ2) is 11.9. The van der Waals surface area contributed by atoms with Crippen molar-refractivity contribution in [2.75, 3.05) is 19.6 Å². The molecular formula is C26H28ClN3O6S. The van der Waals surface area contributed by atoms with Crippen molar-refractivity contribution < 1.29 is 22.6 Å². The van der Waals surface area contributed by atoms with Crippen molar-refractivity contribution >= 4 is 33.2 Å². The van der Waals surface area contributed by atoms with Crippen LogP contribution in [-0.4, -0.2) is 48.1 Å². The number of sulfonamides is 1. The number of piperidine rings is 1. The van der Waals surface area contributed by atoms with E-state index in [1.54, 1.807) is 17.0 Å². The molecule has 0 spiro atoms. The fourth-order valence-corrected chi connectivity index (χ4v) is 6.13. The molecule has 37 heavy (non-hydrogen) atoms. The molecule has 0 unspecified atom stereocenters. The molecule has 4 rings (SSSR count). The van der Waals surface area contributed by atoms with Crippen LogP contribution in [0.5, 0.6) is 0 Å². The first-order valence-electron chi connectivity index (χ1n) is 12.0. The minimum atomic E-state index is -4.18. The van der Waals surface area contributed by atoms with Gasteiger partial charge in [0.05, 0.1) is 22.6 Å². The average molecular weight is 546 g/mol. The topological polar surface area (TPSA) is 114 Å². The molecule has 196 valence electrons. The number of amides is 1. The molecule has 1 aliphatic heterocycles. The van der Waals surface area contributed by atoms with Crippen molar-refractivity contribution in [2.45, 2.75) is 37.1 Å². The van der Waals surface area contributed by atoms with Crippen LogP contribution in [0.2, 0.25) is 5.02 Å². The minimum Gasteiger partial charge on any atom is -0.468 e. The molecule has 0 radical (unpaired) electrons. The van der Waals surface area contributed by atoms with Crippen LogP contribution in [0.3, 0.4) is 0 Å². The van der Waals surface area contributed by atoms with Crippen molar-refractivity contribution in [3.63, 3.8) is 0 Å². The summed E-state index contributed by atoms with van der Waals surface area (Å²) in [6, 6.07) is 16.9. The zero-order valence-electron chi connectivity index (χ0n) is 20.2. The maximum Gasteiger partial charge on any atom is 0.289 e. The molecule has 0 saturated carbocycles. The van der Waals surface area contributed by atoms with Crippen LogP contribution in [0, 0.1) is 16.0 Å². The van der Waals surface area contributed by atoms with Gasteiger partial charge in [0.25, 0.3) is 5.69 Å². The number of nitrogens with zero attached hydrogens (tertiary/aromatic N) is 3. The molecule has 1 saturated heterocycles. The van der Waals surface area contributed by atoms with E-state index < -0.39 is 20.6 Å². The van der Waals surface area contributed by atoms with E-state index in [1.807, 2.05) is 18.2 Å². The van der Waals surface area contributed by atoms with E-state index in [-0.39, 0.29) is 35.3 Å². The van der Waals surface area contributed by atoms with E-state index in [4.69, 9.17) is 16.0 Å². The molecular weight excluding hydrogens is 518 g/mol. The van der Waals surface area contributed by atoms with Crippen molar-refractivity contribution in [1.82, 2.24) is 9.21 Å². The second-order valence-electron chi connectivity index (χ2n) is 9.05. The first-order chi connectivity index (χ1) is 17.7. The highest BCUT2D eigenvalue weighted by Gasteiger charge is 2.30. The molecule has 1 amide bonds. The number of carbonyl (C=O) groups excluding carboxylic acids is 1. The fourth-order valence-electron chi connectivity index (χ4n) is 4.51. The highest BCUT2D eigenvalue weighted by Crippen LogP contribution is 2.29. The lowest BCUT2D eigenvalue weighted by molar-refractivity contribution is -0.384. The Morgan fingerprint density at radius 3 is 2.49 bits per heavy atom. The van der Waals surface area contributed by atoms with Crippen LogP contribution >= 0.6 is 11.6 Å². The monoisotopic (exact) mass is 545 g/mol. The summed E-state index contributed by atoms with van der Waals surface area (Å²) in [5.41, 5.74) is 0.781. The summed E-state index contributed by atoms with van der Waals surface area (Å²) in [5, 5.41) is 11.1. The van der Waals surface area contributed by atoms with E-state index in [0.717, 1.165) is 29.6 Å². The Morgan fingerprint density at radius 1 is 1.11 bits per heavy atom. The summed E-state index contributed by atoms with van der Waals surface area (Å²) in [6.07, 6.45) is 4.18. The molecule has 1 aliphatic rings. The molecule has 3 aromatic rings. The highest BCUT2D eigenvalue weighted by atomic mass is 35.5. The maximum absolute atomic E-state index is 13.4. The zero-order valence-corrected chi connectivity index (χ0v) is 21.7. The van der Waals surface area contributed by atoms with Crippen LogP contribution < -0.4 is 0 Å². The van der Waals surface area contributed by atoms with Crippen LogP contribution in [0.15, 0.2) is 76.2 Å². The van der Waals surface area contributed by atoms with E-state index in [1.165, 1.54) is 24.0 Å².